The molecule has 1 aromatic carbocycles. The fraction of sp³-hybridized carbons (Fsp3) is 0.167. The van der Waals surface area contributed by atoms with Gasteiger partial charge in [-0.25, -0.2) is 0 Å². The van der Waals surface area contributed by atoms with Crippen molar-refractivity contribution in [2.75, 3.05) is 17.7 Å². The van der Waals surface area contributed by atoms with Gasteiger partial charge in [-0.2, -0.15) is 0 Å². The fourth-order valence-electron chi connectivity index (χ4n) is 1.39. The van der Waals surface area contributed by atoms with Crippen molar-refractivity contribution >= 4 is 38.0 Å². The highest BCUT2D eigenvalue weighted by Gasteiger charge is 1.97. The van der Waals surface area contributed by atoms with E-state index >= 15 is 0 Å². The minimum atomic E-state index is 0.858. The molecular weight excluding hydrogens is 284 g/mol. The van der Waals surface area contributed by atoms with E-state index in [-0.39, 0.29) is 0 Å². The molecule has 1 heterocycles. The molecule has 2 aromatic rings. The highest BCUT2D eigenvalue weighted by molar-refractivity contribution is 9.11. The minimum absolute atomic E-state index is 0.858. The van der Waals surface area contributed by atoms with Gasteiger partial charge in [0.25, 0.3) is 0 Å². The molecule has 0 saturated carbocycles. The summed E-state index contributed by atoms with van der Waals surface area (Å²) in [7, 11) is 1.93. The zero-order valence-electron chi connectivity index (χ0n) is 8.96. The van der Waals surface area contributed by atoms with Crippen molar-refractivity contribution in [1.82, 2.24) is 0 Å². The predicted molar refractivity (Wildman–Crippen MR) is 75.3 cm³/mol. The second kappa shape index (κ2) is 5.37. The van der Waals surface area contributed by atoms with Gasteiger partial charge in [-0.1, -0.05) is 12.1 Å². The highest BCUT2D eigenvalue weighted by atomic mass is 79.9. The Bertz CT molecular complexity index is 450. The number of nitrogens with one attached hydrogen (secondary N) is 2. The molecule has 0 amide bonds. The molecule has 0 fully saturated rings. The van der Waals surface area contributed by atoms with Gasteiger partial charge in [0.1, 0.15) is 0 Å². The van der Waals surface area contributed by atoms with Crippen molar-refractivity contribution in [3.05, 3.63) is 45.7 Å². The van der Waals surface area contributed by atoms with E-state index in [2.05, 4.69) is 63.0 Å². The lowest BCUT2D eigenvalue weighted by Gasteiger charge is -2.05. The van der Waals surface area contributed by atoms with Gasteiger partial charge in [-0.3, -0.25) is 0 Å². The topological polar surface area (TPSA) is 24.1 Å². The summed E-state index contributed by atoms with van der Waals surface area (Å²) in [6.07, 6.45) is 0. The van der Waals surface area contributed by atoms with Crippen molar-refractivity contribution in [3.8, 4) is 0 Å². The molecule has 1 aromatic heterocycles. The molecule has 0 spiro atoms. The highest BCUT2D eigenvalue weighted by Crippen LogP contribution is 2.26. The van der Waals surface area contributed by atoms with Crippen molar-refractivity contribution < 1.29 is 0 Å². The van der Waals surface area contributed by atoms with E-state index in [4.69, 9.17) is 0 Å². The third-order valence-corrected chi connectivity index (χ3v) is 3.86. The summed E-state index contributed by atoms with van der Waals surface area (Å²) in [5.41, 5.74) is 2.42. The van der Waals surface area contributed by atoms with Crippen LogP contribution in [0.1, 0.15) is 5.56 Å². The second-order valence-corrected chi connectivity index (χ2v) is 5.87. The van der Waals surface area contributed by atoms with Crippen LogP contribution in [0.25, 0.3) is 0 Å². The largest absolute Gasteiger partial charge is 0.388 e. The SMILES string of the molecule is CNc1ccc(CNc2ccc(Br)s2)cc1. The normalized spacial score (nSPS) is 10.1. The smallest absolute Gasteiger partial charge is 0.0897 e. The van der Waals surface area contributed by atoms with Crippen LogP contribution in [0.4, 0.5) is 10.7 Å². The summed E-state index contributed by atoms with van der Waals surface area (Å²) in [5, 5.41) is 7.68. The van der Waals surface area contributed by atoms with Crippen LogP contribution in [0.5, 0.6) is 0 Å². The van der Waals surface area contributed by atoms with Crippen LogP contribution in [0, 0.1) is 0 Å². The number of benzene rings is 1. The van der Waals surface area contributed by atoms with E-state index in [9.17, 15) is 0 Å². The van der Waals surface area contributed by atoms with Crippen LogP contribution in [0.15, 0.2) is 40.2 Å². The average Bonchev–Trinajstić information content (AvgIpc) is 2.73. The Morgan fingerprint density at radius 3 is 2.44 bits per heavy atom. The molecule has 0 bridgehead atoms. The molecule has 4 heteroatoms. The molecule has 0 aliphatic carbocycles. The Morgan fingerprint density at radius 2 is 1.88 bits per heavy atom. The van der Waals surface area contributed by atoms with Crippen LogP contribution in [-0.2, 0) is 6.54 Å². The van der Waals surface area contributed by atoms with Gasteiger partial charge >= 0.3 is 0 Å². The third kappa shape index (κ3) is 3.00. The number of hydrogen-bond acceptors (Lipinski definition) is 3. The lowest BCUT2D eigenvalue weighted by molar-refractivity contribution is 1.16. The molecular formula is C12H13BrN2S. The Balaban J connectivity index is 1.94. The summed E-state index contributed by atoms with van der Waals surface area (Å²) in [5.74, 6) is 0. The third-order valence-electron chi connectivity index (χ3n) is 2.28. The average molecular weight is 297 g/mol. The van der Waals surface area contributed by atoms with E-state index in [0.717, 1.165) is 16.0 Å². The molecule has 0 radical (unpaired) electrons. The molecule has 84 valence electrons. The zero-order chi connectivity index (χ0) is 11.4. The maximum Gasteiger partial charge on any atom is 0.0897 e. The van der Waals surface area contributed by atoms with Crippen LogP contribution in [-0.4, -0.2) is 7.05 Å². The van der Waals surface area contributed by atoms with Crippen molar-refractivity contribution in [1.29, 1.82) is 0 Å². The quantitative estimate of drug-likeness (QED) is 0.885. The van der Waals surface area contributed by atoms with Gasteiger partial charge in [-0.05, 0) is 45.8 Å². The first-order valence-corrected chi connectivity index (χ1v) is 6.65. The summed E-state index contributed by atoms with van der Waals surface area (Å²) in [6.45, 7) is 0.858. The Hall–Kier alpha value is -1.00. The molecule has 0 saturated heterocycles. The van der Waals surface area contributed by atoms with Crippen LogP contribution in [0.3, 0.4) is 0 Å². The van der Waals surface area contributed by atoms with Gasteiger partial charge in [-0.15, -0.1) is 11.3 Å². The first-order valence-electron chi connectivity index (χ1n) is 5.04. The zero-order valence-corrected chi connectivity index (χ0v) is 11.4. The minimum Gasteiger partial charge on any atom is -0.388 e. The van der Waals surface area contributed by atoms with Gasteiger partial charge in [0.15, 0.2) is 0 Å². The molecule has 0 atom stereocenters. The molecule has 2 rings (SSSR count). The summed E-state index contributed by atoms with van der Waals surface area (Å²) >= 11 is 5.16. The maximum absolute atomic E-state index is 3.45. The lowest BCUT2D eigenvalue weighted by atomic mass is 10.2. The van der Waals surface area contributed by atoms with E-state index in [1.54, 1.807) is 11.3 Å². The van der Waals surface area contributed by atoms with Crippen molar-refractivity contribution in [2.45, 2.75) is 6.54 Å². The number of halogens is 1. The first-order chi connectivity index (χ1) is 7.78. The monoisotopic (exact) mass is 296 g/mol. The first kappa shape index (κ1) is 11.5. The predicted octanol–water partition coefficient (Wildman–Crippen LogP) is 4.16. The number of rotatable bonds is 4. The molecule has 0 aliphatic rings. The van der Waals surface area contributed by atoms with E-state index < -0.39 is 0 Å². The van der Waals surface area contributed by atoms with Crippen molar-refractivity contribution in [3.63, 3.8) is 0 Å². The summed E-state index contributed by atoms with van der Waals surface area (Å²) in [4.78, 5) is 0. The Labute approximate surface area is 108 Å². The van der Waals surface area contributed by atoms with Gasteiger partial charge in [0.05, 0.1) is 8.79 Å². The van der Waals surface area contributed by atoms with E-state index in [1.165, 1.54) is 10.6 Å². The fourth-order valence-corrected chi connectivity index (χ4v) is 2.67. The van der Waals surface area contributed by atoms with Crippen molar-refractivity contribution in [2.24, 2.45) is 0 Å². The number of hydrogen-bond donors (Lipinski definition) is 2. The van der Waals surface area contributed by atoms with Crippen LogP contribution >= 0.6 is 27.3 Å². The second-order valence-electron chi connectivity index (χ2n) is 3.40. The van der Waals surface area contributed by atoms with Gasteiger partial charge < -0.3 is 10.6 Å². The maximum atomic E-state index is 3.45. The van der Waals surface area contributed by atoms with E-state index in [1.807, 2.05) is 7.05 Å². The van der Waals surface area contributed by atoms with Gasteiger partial charge in [0.2, 0.25) is 0 Å². The number of anilines is 2. The lowest BCUT2D eigenvalue weighted by Crippen LogP contribution is -1.97. The molecule has 2 nitrogen and oxygen atoms in total. The summed E-state index contributed by atoms with van der Waals surface area (Å²) < 4.78 is 1.15. The molecule has 2 N–H and O–H groups in total. The van der Waals surface area contributed by atoms with Gasteiger partial charge in [0, 0.05) is 19.3 Å². The Morgan fingerprint density at radius 1 is 1.12 bits per heavy atom. The molecule has 0 aliphatic heterocycles. The summed E-state index contributed by atoms with van der Waals surface area (Å²) in [6, 6.07) is 12.6. The number of thiophene rings is 1. The van der Waals surface area contributed by atoms with E-state index in [0.29, 0.717) is 0 Å². The molecule has 16 heavy (non-hydrogen) atoms. The molecule has 0 unspecified atom stereocenters. The van der Waals surface area contributed by atoms with Crippen LogP contribution < -0.4 is 10.6 Å². The van der Waals surface area contributed by atoms with Crippen LogP contribution in [0.2, 0.25) is 0 Å². The standard InChI is InChI=1S/C12H13BrN2S/c1-14-10-4-2-9(3-5-10)8-15-12-7-6-11(13)16-12/h2-7,14-15H,8H2,1H3. The Kier molecular flexibility index (Phi) is 3.85.